The minimum Gasteiger partial charge on any atom is -0.322 e. The second kappa shape index (κ2) is 2.10. The molecule has 2 nitrogen and oxygen atoms in total. The van der Waals surface area contributed by atoms with Crippen LogP contribution in [-0.2, 0) is 4.79 Å². The van der Waals surface area contributed by atoms with Gasteiger partial charge in [-0.3, -0.25) is 0 Å². The molecule has 0 aliphatic heterocycles. The topological polar surface area (TPSA) is 43.1 Å². The van der Waals surface area contributed by atoms with E-state index >= 15 is 0 Å². The molecule has 0 aliphatic carbocycles. The molecule has 0 bridgehead atoms. The van der Waals surface area contributed by atoms with Crippen molar-refractivity contribution in [2.75, 3.05) is 0 Å². The molecule has 3 heteroatoms. The van der Waals surface area contributed by atoms with Crippen molar-refractivity contribution in [3.8, 4) is 0 Å². The molecule has 0 fully saturated rings. The third-order valence-electron chi connectivity index (χ3n) is 0.641. The van der Waals surface area contributed by atoms with E-state index in [2.05, 4.69) is 0 Å². The van der Waals surface area contributed by atoms with Crippen LogP contribution in [0.3, 0.4) is 0 Å². The summed E-state index contributed by atoms with van der Waals surface area (Å²) in [7, 11) is 0.590. The Hall–Kier alpha value is -0.153. The summed E-state index contributed by atoms with van der Waals surface area (Å²) in [6.45, 7) is 1.70. The third kappa shape index (κ3) is 2.11. The average Bonchev–Trinajstić information content (AvgIpc) is 1.36. The summed E-state index contributed by atoms with van der Waals surface area (Å²) >= 11 is 0. The van der Waals surface area contributed by atoms with E-state index in [1.807, 2.05) is 0 Å². The fourth-order valence-electron chi connectivity index (χ4n) is 0. The zero-order valence-electron chi connectivity index (χ0n) is 4.06. The number of carbonyl (C=O) groups is 1. The van der Waals surface area contributed by atoms with Gasteiger partial charge in [-0.1, -0.05) is 0 Å². The van der Waals surface area contributed by atoms with Gasteiger partial charge in [0.1, 0.15) is 5.41 Å². The summed E-state index contributed by atoms with van der Waals surface area (Å²) in [5, 5.41) is 0.176. The van der Waals surface area contributed by atoms with Crippen LogP contribution in [0.4, 0.5) is 0 Å². The smallest absolute Gasteiger partial charge is 0.116 e. The van der Waals surface area contributed by atoms with Gasteiger partial charge in [0.2, 0.25) is 0 Å². The van der Waals surface area contributed by atoms with E-state index in [1.54, 1.807) is 6.92 Å². The first-order valence-electron chi connectivity index (χ1n) is 1.90. The molecular formula is C3H9NOSi. The summed E-state index contributed by atoms with van der Waals surface area (Å²) in [6, 6.07) is -0.225. The van der Waals surface area contributed by atoms with Crippen LogP contribution in [0.2, 0.25) is 0 Å². The zero-order chi connectivity index (χ0) is 5.15. The second-order valence-corrected chi connectivity index (χ2v) is 2.38. The molecule has 0 aromatic heterocycles. The molecule has 6 heavy (non-hydrogen) atoms. The molecule has 0 saturated heterocycles. The van der Waals surface area contributed by atoms with Crippen LogP contribution in [0.1, 0.15) is 6.92 Å². The number of carbonyl (C=O) groups excluding carboxylic acids is 1. The Morgan fingerprint density at radius 1 is 2.00 bits per heavy atom. The molecule has 1 atom stereocenters. The molecule has 1 unspecified atom stereocenters. The van der Waals surface area contributed by atoms with Gasteiger partial charge in [-0.05, 0) is 6.92 Å². The average molecular weight is 103 g/mol. The molecular weight excluding hydrogens is 94.1 g/mol. The highest BCUT2D eigenvalue weighted by Crippen LogP contribution is 1.67. The van der Waals surface area contributed by atoms with E-state index < -0.39 is 0 Å². The van der Waals surface area contributed by atoms with Crippen molar-refractivity contribution in [2.45, 2.75) is 13.0 Å². The van der Waals surface area contributed by atoms with Gasteiger partial charge in [0.05, 0.1) is 16.3 Å². The Morgan fingerprint density at radius 3 is 2.17 bits per heavy atom. The monoisotopic (exact) mass is 103 g/mol. The Kier molecular flexibility index (Phi) is 2.04. The van der Waals surface area contributed by atoms with Gasteiger partial charge < -0.3 is 10.5 Å². The lowest BCUT2D eigenvalue weighted by molar-refractivity contribution is -0.112. The second-order valence-electron chi connectivity index (χ2n) is 1.40. The van der Waals surface area contributed by atoms with Gasteiger partial charge in [-0.25, -0.2) is 0 Å². The SMILES string of the molecule is CC(N)C(=O)[SiH3]. The molecule has 0 heterocycles. The van der Waals surface area contributed by atoms with E-state index in [0.717, 1.165) is 0 Å². The molecule has 2 N–H and O–H groups in total. The van der Waals surface area contributed by atoms with E-state index in [-0.39, 0.29) is 11.4 Å². The van der Waals surface area contributed by atoms with Crippen LogP contribution in [0, 0.1) is 0 Å². The van der Waals surface area contributed by atoms with Crippen molar-refractivity contribution in [2.24, 2.45) is 5.73 Å². The fourth-order valence-corrected chi connectivity index (χ4v) is 0. The highest BCUT2D eigenvalue weighted by Gasteiger charge is 1.94. The van der Waals surface area contributed by atoms with E-state index in [9.17, 15) is 4.79 Å². The van der Waals surface area contributed by atoms with Crippen molar-refractivity contribution in [1.82, 2.24) is 0 Å². The molecule has 0 aliphatic rings. The predicted octanol–water partition coefficient (Wildman–Crippen LogP) is -1.77. The Balaban J connectivity index is 3.26. The van der Waals surface area contributed by atoms with Crippen molar-refractivity contribution in [3.05, 3.63) is 0 Å². The highest BCUT2D eigenvalue weighted by molar-refractivity contribution is 6.58. The molecule has 0 spiro atoms. The van der Waals surface area contributed by atoms with Crippen LogP contribution in [0.15, 0.2) is 0 Å². The van der Waals surface area contributed by atoms with Gasteiger partial charge in [-0.2, -0.15) is 0 Å². The van der Waals surface area contributed by atoms with Crippen LogP contribution in [0.5, 0.6) is 0 Å². The zero-order valence-corrected chi connectivity index (χ0v) is 6.06. The maximum atomic E-state index is 10.1. The lowest BCUT2D eigenvalue weighted by atomic mass is 10.4. The molecule has 0 aromatic rings. The fraction of sp³-hybridized carbons (Fsp3) is 0.667. The molecule has 0 amide bonds. The summed E-state index contributed by atoms with van der Waals surface area (Å²) < 4.78 is 0. The van der Waals surface area contributed by atoms with Gasteiger partial charge in [-0.15, -0.1) is 0 Å². The summed E-state index contributed by atoms with van der Waals surface area (Å²) in [5.74, 6) is 0. The molecule has 0 aromatic carbocycles. The van der Waals surface area contributed by atoms with Gasteiger partial charge in [0.15, 0.2) is 0 Å². The minimum absolute atomic E-state index is 0.176. The quantitative estimate of drug-likeness (QED) is 0.399. The number of nitrogens with two attached hydrogens (primary N) is 1. The van der Waals surface area contributed by atoms with Crippen molar-refractivity contribution < 1.29 is 4.79 Å². The molecule has 36 valence electrons. The summed E-state index contributed by atoms with van der Waals surface area (Å²) in [5.41, 5.74) is 5.12. The van der Waals surface area contributed by atoms with E-state index in [0.29, 0.717) is 10.2 Å². The minimum atomic E-state index is -0.225. The molecule has 0 radical (unpaired) electrons. The standard InChI is InChI=1S/C3H9NOSi/c1-2(4)3(5)6/h2H,4H2,1,6H3. The Bertz CT molecular complexity index is 61.8. The summed E-state index contributed by atoms with van der Waals surface area (Å²) in [6.07, 6.45) is 0. The first-order valence-corrected chi connectivity index (χ1v) is 2.90. The van der Waals surface area contributed by atoms with Crippen molar-refractivity contribution >= 4 is 15.6 Å². The van der Waals surface area contributed by atoms with Crippen LogP contribution < -0.4 is 5.73 Å². The third-order valence-corrected chi connectivity index (χ3v) is 1.55. The predicted molar refractivity (Wildman–Crippen MR) is 28.6 cm³/mol. The lowest BCUT2D eigenvalue weighted by Gasteiger charge is -1.92. The first kappa shape index (κ1) is 5.85. The van der Waals surface area contributed by atoms with Crippen LogP contribution in [0.25, 0.3) is 0 Å². The largest absolute Gasteiger partial charge is 0.322 e. The van der Waals surface area contributed by atoms with E-state index in [4.69, 9.17) is 5.73 Å². The van der Waals surface area contributed by atoms with Gasteiger partial charge in [0.25, 0.3) is 0 Å². The van der Waals surface area contributed by atoms with Crippen molar-refractivity contribution in [3.63, 3.8) is 0 Å². The van der Waals surface area contributed by atoms with Crippen molar-refractivity contribution in [1.29, 1.82) is 0 Å². The molecule has 0 saturated carbocycles. The van der Waals surface area contributed by atoms with E-state index in [1.165, 1.54) is 0 Å². The Morgan fingerprint density at radius 2 is 2.17 bits per heavy atom. The number of hydrogen-bond acceptors (Lipinski definition) is 2. The normalized spacial score (nSPS) is 14.3. The van der Waals surface area contributed by atoms with Crippen LogP contribution >= 0.6 is 0 Å². The summed E-state index contributed by atoms with van der Waals surface area (Å²) in [4.78, 5) is 10.1. The lowest BCUT2D eigenvalue weighted by Crippen LogP contribution is -2.26. The maximum absolute atomic E-state index is 10.1. The first-order chi connectivity index (χ1) is 2.64. The van der Waals surface area contributed by atoms with Gasteiger partial charge in [0, 0.05) is 0 Å². The highest BCUT2D eigenvalue weighted by atomic mass is 28.1. The van der Waals surface area contributed by atoms with Crippen LogP contribution in [-0.4, -0.2) is 21.7 Å². The van der Waals surface area contributed by atoms with Gasteiger partial charge >= 0.3 is 0 Å². The number of hydrogen-bond donors (Lipinski definition) is 1. The number of rotatable bonds is 1. The maximum Gasteiger partial charge on any atom is 0.116 e. The molecule has 0 rings (SSSR count). The Labute approximate surface area is 40.1 Å².